The van der Waals surface area contributed by atoms with Crippen molar-refractivity contribution in [2.45, 2.75) is 39.3 Å². The second kappa shape index (κ2) is 12.6. The number of rotatable bonds is 9. The van der Waals surface area contributed by atoms with Gasteiger partial charge in [0.2, 0.25) is 11.9 Å². The highest BCUT2D eigenvalue weighted by atomic mass is 79.9. The minimum Gasteiger partial charge on any atom is -0.478 e. The number of hydrogen-bond acceptors (Lipinski definition) is 4. The number of amidine groups is 1. The summed E-state index contributed by atoms with van der Waals surface area (Å²) in [6.45, 7) is 4.82. The van der Waals surface area contributed by atoms with Crippen LogP contribution in [-0.4, -0.2) is 31.9 Å². The maximum atomic E-state index is 12.2. The maximum Gasteiger partial charge on any atom is 0.349 e. The Morgan fingerprint density at radius 2 is 1.68 bits per heavy atom. The van der Waals surface area contributed by atoms with Gasteiger partial charge in [0.05, 0.1) is 20.0 Å². The first-order chi connectivity index (χ1) is 20.7. The molecule has 1 aromatic heterocycles. The highest BCUT2D eigenvalue weighted by Gasteiger charge is 2.49. The molecular weight excluding hydrogens is 688 g/mol. The molecule has 0 amide bonds. The van der Waals surface area contributed by atoms with Crippen LogP contribution < -0.4 is 9.22 Å². The first kappa shape index (κ1) is 31.6. The number of hydrogen-bond donors (Lipinski definition) is 1. The van der Waals surface area contributed by atoms with Gasteiger partial charge in [0, 0.05) is 30.7 Å². The number of carboxylic acids is 1. The van der Waals surface area contributed by atoms with Crippen LogP contribution in [0.3, 0.4) is 0 Å². The van der Waals surface area contributed by atoms with Crippen LogP contribution >= 0.6 is 31.9 Å². The summed E-state index contributed by atoms with van der Waals surface area (Å²) < 4.78 is 9.95. The zero-order valence-electron chi connectivity index (χ0n) is 24.6. The zero-order valence-corrected chi connectivity index (χ0v) is 27.8. The standard InChI is InChI=1S/C34H30Br2N4O3.H2O/c1-4-10-30-37-27-16-15-21(2)17-29(27)40(30,34-38-26-13-8-9-14-28(26)39(34)3)20-22-18-24(35)32(25(36)19-22)43-31(33(41)42)23-11-6-5-7-12-23;/h5-9,11-19,31H,4,10,20H2,1-3H3;1H2/p+1. The van der Waals surface area contributed by atoms with E-state index in [0.29, 0.717) is 31.3 Å². The van der Waals surface area contributed by atoms with Gasteiger partial charge in [0.15, 0.2) is 5.69 Å². The quantitative estimate of drug-likeness (QED) is 0.154. The van der Waals surface area contributed by atoms with E-state index in [-0.39, 0.29) is 5.48 Å². The number of aromatic nitrogens is 2. The van der Waals surface area contributed by atoms with E-state index in [1.807, 2.05) is 36.4 Å². The highest BCUT2D eigenvalue weighted by Crippen LogP contribution is 2.50. The average Bonchev–Trinajstić information content (AvgIpc) is 3.48. The molecule has 2 heterocycles. The molecule has 1 aliphatic rings. The van der Waals surface area contributed by atoms with Gasteiger partial charge in [-0.05, 0) is 81.1 Å². The minimum atomic E-state index is -1.16. The summed E-state index contributed by atoms with van der Waals surface area (Å²) >= 11 is 7.39. The van der Waals surface area contributed by atoms with Gasteiger partial charge in [-0.1, -0.05) is 55.5 Å². The fraction of sp³-hybridized carbons (Fsp3) is 0.206. The summed E-state index contributed by atoms with van der Waals surface area (Å²) in [4.78, 5) is 22.6. The molecule has 0 aliphatic carbocycles. The molecule has 0 radical (unpaired) electrons. The van der Waals surface area contributed by atoms with Gasteiger partial charge in [-0.25, -0.2) is 4.79 Å². The Balaban J connectivity index is 0.00000384. The Labute approximate surface area is 272 Å². The fourth-order valence-corrected chi connectivity index (χ4v) is 7.38. The number of benzene rings is 4. The lowest BCUT2D eigenvalue weighted by Gasteiger charge is -2.33. The Morgan fingerprint density at radius 1 is 1.00 bits per heavy atom. The molecule has 3 N–H and O–H groups in total. The summed E-state index contributed by atoms with van der Waals surface area (Å²) in [7, 11) is 2.07. The van der Waals surface area contributed by atoms with E-state index in [4.69, 9.17) is 14.7 Å². The van der Waals surface area contributed by atoms with Gasteiger partial charge in [-0.3, -0.25) is 4.57 Å². The molecule has 0 bridgehead atoms. The Hall–Kier alpha value is -3.83. The van der Waals surface area contributed by atoms with Crippen molar-refractivity contribution in [3.05, 3.63) is 111 Å². The number of imidazole rings is 1. The number of ether oxygens (including phenoxy) is 1. The molecule has 5 aromatic rings. The van der Waals surface area contributed by atoms with Crippen molar-refractivity contribution in [1.29, 1.82) is 0 Å². The van der Waals surface area contributed by atoms with Crippen molar-refractivity contribution in [1.82, 2.24) is 14.0 Å². The van der Waals surface area contributed by atoms with E-state index in [1.54, 1.807) is 24.3 Å². The molecule has 0 saturated heterocycles. The van der Waals surface area contributed by atoms with Crippen molar-refractivity contribution < 1.29 is 20.1 Å². The number of fused-ring (bicyclic) bond motifs is 2. The van der Waals surface area contributed by atoms with Crippen molar-refractivity contribution >= 4 is 72.0 Å². The Morgan fingerprint density at radius 3 is 2.34 bits per heavy atom. The van der Waals surface area contributed by atoms with Gasteiger partial charge in [0.25, 0.3) is 0 Å². The topological polar surface area (TPSA) is 108 Å². The number of carboxylic acid groups (broad SMARTS) is 1. The normalized spacial score (nSPS) is 16.2. The molecule has 226 valence electrons. The second-order valence-electron chi connectivity index (χ2n) is 10.8. The van der Waals surface area contributed by atoms with E-state index in [0.717, 1.165) is 58.2 Å². The Kier molecular flexibility index (Phi) is 9.08. The fourth-order valence-electron chi connectivity index (χ4n) is 5.91. The molecular formula is C34H33Br2N4O4+. The number of aliphatic carboxylic acids is 1. The first-order valence-electron chi connectivity index (χ1n) is 14.1. The summed E-state index contributed by atoms with van der Waals surface area (Å²) in [6, 6.07) is 27.6. The van der Waals surface area contributed by atoms with Crippen molar-refractivity contribution in [3.8, 4) is 5.75 Å². The van der Waals surface area contributed by atoms with Crippen LogP contribution in [-0.2, 0) is 18.4 Å². The highest BCUT2D eigenvalue weighted by molar-refractivity contribution is 9.11. The molecule has 0 saturated carbocycles. The average molecular weight is 721 g/mol. The second-order valence-corrected chi connectivity index (χ2v) is 12.5. The van der Waals surface area contributed by atoms with Crippen molar-refractivity contribution in [2.24, 2.45) is 12.0 Å². The van der Waals surface area contributed by atoms with E-state index < -0.39 is 12.1 Å². The number of aliphatic imine (C=N–C) groups is 1. The third kappa shape index (κ3) is 5.47. The lowest BCUT2D eigenvalue weighted by atomic mass is 10.1. The van der Waals surface area contributed by atoms with Crippen molar-refractivity contribution in [2.75, 3.05) is 0 Å². The maximum absolute atomic E-state index is 12.2. The molecule has 10 heteroatoms. The van der Waals surface area contributed by atoms with Crippen LogP contribution in [0.5, 0.6) is 5.75 Å². The molecule has 4 aromatic carbocycles. The SMILES string of the molecule is CCCC1=Nc2ccc(C)cc2[N+]1(Cc1cc(Br)c(OC(C(=O)O)c2ccccc2)c(Br)c1)c1nc2ccccc2n1C.O. The smallest absolute Gasteiger partial charge is 0.349 e. The van der Waals surface area contributed by atoms with Crippen LogP contribution in [0.4, 0.5) is 17.3 Å². The molecule has 6 rings (SSSR count). The minimum absolute atomic E-state index is 0. The lowest BCUT2D eigenvalue weighted by Crippen LogP contribution is -2.48. The lowest BCUT2D eigenvalue weighted by molar-refractivity contribution is -0.145. The van der Waals surface area contributed by atoms with Gasteiger partial charge in [0.1, 0.15) is 18.0 Å². The van der Waals surface area contributed by atoms with Crippen LogP contribution in [0.25, 0.3) is 11.0 Å². The molecule has 2 unspecified atom stereocenters. The molecule has 0 spiro atoms. The summed E-state index contributed by atoms with van der Waals surface area (Å²) in [6.07, 6.45) is 0.582. The van der Waals surface area contributed by atoms with Gasteiger partial charge in [-0.15, -0.1) is 0 Å². The summed E-state index contributed by atoms with van der Waals surface area (Å²) in [5.74, 6) is 1.28. The van der Waals surface area contributed by atoms with E-state index in [1.165, 1.54) is 0 Å². The third-order valence-corrected chi connectivity index (χ3v) is 9.03. The largest absolute Gasteiger partial charge is 0.478 e. The van der Waals surface area contributed by atoms with E-state index in [2.05, 4.69) is 81.6 Å². The number of halogens is 2. The number of carbonyl (C=O) groups is 1. The van der Waals surface area contributed by atoms with E-state index >= 15 is 0 Å². The predicted molar refractivity (Wildman–Crippen MR) is 182 cm³/mol. The molecule has 0 fully saturated rings. The van der Waals surface area contributed by atoms with Crippen LogP contribution in [0.2, 0.25) is 0 Å². The van der Waals surface area contributed by atoms with E-state index in [9.17, 15) is 9.90 Å². The monoisotopic (exact) mass is 719 g/mol. The van der Waals surface area contributed by atoms with Gasteiger partial charge >= 0.3 is 11.9 Å². The van der Waals surface area contributed by atoms with Crippen LogP contribution in [0, 0.1) is 6.92 Å². The molecule has 8 nitrogen and oxygen atoms in total. The summed E-state index contributed by atoms with van der Waals surface area (Å²) in [5, 5.41) is 9.97. The number of quaternary nitrogens is 1. The predicted octanol–water partition coefficient (Wildman–Crippen LogP) is 8.47. The number of aryl methyl sites for hydroxylation is 2. The molecule has 2 atom stereocenters. The van der Waals surface area contributed by atoms with Gasteiger partial charge < -0.3 is 15.3 Å². The first-order valence-corrected chi connectivity index (χ1v) is 15.7. The number of nitrogens with zero attached hydrogens (tertiary/aromatic N) is 4. The zero-order chi connectivity index (χ0) is 30.3. The molecule has 44 heavy (non-hydrogen) atoms. The van der Waals surface area contributed by atoms with Crippen LogP contribution in [0.15, 0.2) is 98.9 Å². The van der Waals surface area contributed by atoms with Crippen LogP contribution in [0.1, 0.15) is 42.6 Å². The Bertz CT molecular complexity index is 1870. The third-order valence-electron chi connectivity index (χ3n) is 7.85. The summed E-state index contributed by atoms with van der Waals surface area (Å²) in [5.41, 5.74) is 6.74. The number of para-hydroxylation sites is 2. The van der Waals surface area contributed by atoms with Gasteiger partial charge in [-0.2, -0.15) is 14.5 Å². The molecule has 1 aliphatic heterocycles. The van der Waals surface area contributed by atoms with Crippen molar-refractivity contribution in [3.63, 3.8) is 0 Å².